The first-order valence-electron chi connectivity index (χ1n) is 8.88. The molecule has 134 valence electrons. The zero-order valence-corrected chi connectivity index (χ0v) is 15.5. The van der Waals surface area contributed by atoms with E-state index in [0.717, 1.165) is 16.7 Å². The highest BCUT2D eigenvalue weighted by Gasteiger charge is 2.42. The van der Waals surface area contributed by atoms with Gasteiger partial charge in [-0.25, -0.2) is 4.79 Å². The second-order valence-electron chi connectivity index (χ2n) is 6.51. The number of hydrogen-bond donors (Lipinski definition) is 0. The first-order valence-corrected chi connectivity index (χ1v) is 8.88. The van der Waals surface area contributed by atoms with Crippen molar-refractivity contribution >= 4 is 11.5 Å². The predicted octanol–water partition coefficient (Wildman–Crippen LogP) is 5.03. The number of carbonyl (C=O) groups excluding carboxylic acids is 1. The van der Waals surface area contributed by atoms with Crippen molar-refractivity contribution < 1.29 is 14.3 Å². The molecule has 0 unspecified atom stereocenters. The molecule has 3 heteroatoms. The SMILES string of the molecule is C=C(c1ccccc1)[C@H]1OC(C)=C(C(=O)OCC)[C@@H]1c1ccc(C)cc1. The fourth-order valence-electron chi connectivity index (χ4n) is 3.38. The van der Waals surface area contributed by atoms with Crippen molar-refractivity contribution in [2.45, 2.75) is 32.8 Å². The first-order chi connectivity index (χ1) is 12.5. The van der Waals surface area contributed by atoms with Crippen LogP contribution in [0.4, 0.5) is 0 Å². The van der Waals surface area contributed by atoms with Gasteiger partial charge in [0.2, 0.25) is 0 Å². The van der Waals surface area contributed by atoms with Crippen molar-refractivity contribution in [3.63, 3.8) is 0 Å². The summed E-state index contributed by atoms with van der Waals surface area (Å²) in [5.74, 6) is 0.0531. The smallest absolute Gasteiger partial charge is 0.338 e. The van der Waals surface area contributed by atoms with E-state index in [1.165, 1.54) is 5.56 Å². The number of benzene rings is 2. The molecule has 0 radical (unpaired) electrons. The van der Waals surface area contributed by atoms with Gasteiger partial charge in [0.05, 0.1) is 18.1 Å². The van der Waals surface area contributed by atoms with E-state index in [9.17, 15) is 4.79 Å². The summed E-state index contributed by atoms with van der Waals surface area (Å²) >= 11 is 0. The van der Waals surface area contributed by atoms with E-state index in [2.05, 4.69) is 6.58 Å². The minimum atomic E-state index is -0.334. The molecular formula is C23H24O3. The standard InChI is InChI=1S/C23H24O3/c1-5-25-23(24)20-17(4)26-22(16(3)18-9-7-6-8-10-18)21(20)19-13-11-15(2)12-14-19/h6-14,21-22H,3,5H2,1-2,4H3/t21-,22+/m0/s1. The summed E-state index contributed by atoms with van der Waals surface area (Å²) in [7, 11) is 0. The lowest BCUT2D eigenvalue weighted by molar-refractivity contribution is -0.138. The molecule has 2 aromatic rings. The van der Waals surface area contributed by atoms with Crippen LogP contribution in [-0.4, -0.2) is 18.7 Å². The molecule has 0 amide bonds. The van der Waals surface area contributed by atoms with Gasteiger partial charge in [0.15, 0.2) is 0 Å². The molecule has 0 spiro atoms. The topological polar surface area (TPSA) is 35.5 Å². The second-order valence-corrected chi connectivity index (χ2v) is 6.51. The van der Waals surface area contributed by atoms with Crippen LogP contribution in [0.1, 0.15) is 36.5 Å². The zero-order chi connectivity index (χ0) is 18.7. The van der Waals surface area contributed by atoms with Crippen LogP contribution < -0.4 is 0 Å². The molecule has 3 nitrogen and oxygen atoms in total. The van der Waals surface area contributed by atoms with Crippen molar-refractivity contribution in [2.75, 3.05) is 6.61 Å². The highest BCUT2D eigenvalue weighted by atomic mass is 16.5. The van der Waals surface area contributed by atoms with Gasteiger partial charge in [-0.15, -0.1) is 0 Å². The van der Waals surface area contributed by atoms with Crippen LogP contribution in [0.3, 0.4) is 0 Å². The number of ether oxygens (including phenoxy) is 2. The summed E-state index contributed by atoms with van der Waals surface area (Å²) in [6.45, 7) is 10.3. The van der Waals surface area contributed by atoms with E-state index in [-0.39, 0.29) is 18.0 Å². The van der Waals surface area contributed by atoms with Crippen molar-refractivity contribution in [3.05, 3.63) is 89.2 Å². The number of carbonyl (C=O) groups is 1. The Morgan fingerprint density at radius 2 is 1.73 bits per heavy atom. The maximum Gasteiger partial charge on any atom is 0.338 e. The zero-order valence-electron chi connectivity index (χ0n) is 15.5. The summed E-state index contributed by atoms with van der Waals surface area (Å²) in [6, 6.07) is 18.1. The molecule has 0 N–H and O–H groups in total. The summed E-state index contributed by atoms with van der Waals surface area (Å²) in [5.41, 5.74) is 4.64. The number of aryl methyl sites for hydroxylation is 1. The molecule has 0 fully saturated rings. The molecule has 0 saturated heterocycles. The molecule has 1 aliphatic heterocycles. The maximum atomic E-state index is 12.6. The minimum absolute atomic E-state index is 0.234. The van der Waals surface area contributed by atoms with E-state index >= 15 is 0 Å². The third-order valence-electron chi connectivity index (χ3n) is 4.72. The molecule has 0 aliphatic carbocycles. The van der Waals surface area contributed by atoms with Gasteiger partial charge in [0.1, 0.15) is 11.9 Å². The third kappa shape index (κ3) is 3.43. The van der Waals surface area contributed by atoms with Gasteiger partial charge in [-0.1, -0.05) is 66.7 Å². The number of allylic oxidation sites excluding steroid dienone is 1. The molecule has 1 heterocycles. The third-order valence-corrected chi connectivity index (χ3v) is 4.72. The van der Waals surface area contributed by atoms with Gasteiger partial charge < -0.3 is 9.47 Å². The fraction of sp³-hybridized carbons (Fsp3) is 0.261. The second kappa shape index (κ2) is 7.61. The molecule has 0 saturated carbocycles. The van der Waals surface area contributed by atoms with Crippen LogP contribution in [0.2, 0.25) is 0 Å². The van der Waals surface area contributed by atoms with Crippen LogP contribution in [0.15, 0.2) is 72.5 Å². The molecule has 1 aliphatic rings. The molecule has 3 rings (SSSR count). The first kappa shape index (κ1) is 18.0. The maximum absolute atomic E-state index is 12.6. The minimum Gasteiger partial charge on any atom is -0.489 e. The van der Waals surface area contributed by atoms with Gasteiger partial charge in [-0.05, 0) is 37.5 Å². The monoisotopic (exact) mass is 348 g/mol. The summed E-state index contributed by atoms with van der Waals surface area (Å²) in [5, 5.41) is 0. The molecule has 0 bridgehead atoms. The summed E-state index contributed by atoms with van der Waals surface area (Å²) in [6.07, 6.45) is -0.334. The fourth-order valence-corrected chi connectivity index (χ4v) is 3.38. The van der Waals surface area contributed by atoms with Crippen molar-refractivity contribution in [1.82, 2.24) is 0 Å². The van der Waals surface area contributed by atoms with Crippen LogP contribution >= 0.6 is 0 Å². The van der Waals surface area contributed by atoms with Crippen molar-refractivity contribution in [2.24, 2.45) is 0 Å². The van der Waals surface area contributed by atoms with Crippen molar-refractivity contribution in [3.8, 4) is 0 Å². The lowest BCUT2D eigenvalue weighted by Gasteiger charge is -2.23. The van der Waals surface area contributed by atoms with E-state index in [4.69, 9.17) is 9.47 Å². The van der Waals surface area contributed by atoms with E-state index in [1.807, 2.05) is 75.4 Å². The Balaban J connectivity index is 2.03. The van der Waals surface area contributed by atoms with Gasteiger partial charge in [0, 0.05) is 0 Å². The molecule has 2 aromatic carbocycles. The van der Waals surface area contributed by atoms with E-state index in [1.54, 1.807) is 0 Å². The molecule has 2 atom stereocenters. The Morgan fingerprint density at radius 1 is 1.08 bits per heavy atom. The van der Waals surface area contributed by atoms with Crippen LogP contribution in [0, 0.1) is 6.92 Å². The Bertz CT molecular complexity index is 832. The lowest BCUT2D eigenvalue weighted by Crippen LogP contribution is -2.22. The highest BCUT2D eigenvalue weighted by molar-refractivity contribution is 5.93. The number of hydrogen-bond acceptors (Lipinski definition) is 3. The van der Waals surface area contributed by atoms with Crippen LogP contribution in [-0.2, 0) is 14.3 Å². The number of rotatable bonds is 5. The van der Waals surface area contributed by atoms with Gasteiger partial charge in [-0.2, -0.15) is 0 Å². The number of esters is 1. The Hall–Kier alpha value is -2.81. The normalized spacial score (nSPS) is 19.2. The van der Waals surface area contributed by atoms with E-state index < -0.39 is 0 Å². The average Bonchev–Trinajstić information content (AvgIpc) is 3.00. The quantitative estimate of drug-likeness (QED) is 0.711. The predicted molar refractivity (Wildman–Crippen MR) is 104 cm³/mol. The lowest BCUT2D eigenvalue weighted by atomic mass is 9.82. The van der Waals surface area contributed by atoms with Gasteiger partial charge in [0.25, 0.3) is 0 Å². The molecular weight excluding hydrogens is 324 g/mol. The summed E-state index contributed by atoms with van der Waals surface area (Å²) < 4.78 is 11.4. The Labute approximate surface area is 155 Å². The Morgan fingerprint density at radius 3 is 2.35 bits per heavy atom. The van der Waals surface area contributed by atoms with E-state index in [0.29, 0.717) is 17.9 Å². The van der Waals surface area contributed by atoms with Crippen molar-refractivity contribution in [1.29, 1.82) is 0 Å². The van der Waals surface area contributed by atoms with Crippen LogP contribution in [0.5, 0.6) is 0 Å². The van der Waals surface area contributed by atoms with Gasteiger partial charge in [-0.3, -0.25) is 0 Å². The summed E-state index contributed by atoms with van der Waals surface area (Å²) in [4.78, 5) is 12.6. The molecule has 0 aromatic heterocycles. The highest BCUT2D eigenvalue weighted by Crippen LogP contribution is 2.44. The Kier molecular flexibility index (Phi) is 5.27. The van der Waals surface area contributed by atoms with Gasteiger partial charge >= 0.3 is 5.97 Å². The van der Waals surface area contributed by atoms with Crippen LogP contribution in [0.25, 0.3) is 5.57 Å². The average molecular weight is 348 g/mol. The molecule has 26 heavy (non-hydrogen) atoms. The largest absolute Gasteiger partial charge is 0.489 e.